The van der Waals surface area contributed by atoms with Crippen molar-refractivity contribution in [2.75, 3.05) is 6.61 Å². The first kappa shape index (κ1) is 14.8. The fourth-order valence-corrected chi connectivity index (χ4v) is 2.03. The third-order valence-electron chi connectivity index (χ3n) is 2.93. The molecule has 1 unspecified atom stereocenters. The predicted molar refractivity (Wildman–Crippen MR) is 77.7 cm³/mol. The maximum atomic E-state index is 13.5. The van der Waals surface area contributed by atoms with Crippen LogP contribution in [0.2, 0.25) is 5.02 Å². The Kier molecular flexibility index (Phi) is 4.99. The number of rotatable bonds is 5. The first-order valence-electron chi connectivity index (χ1n) is 6.48. The van der Waals surface area contributed by atoms with Gasteiger partial charge in [-0.15, -0.1) is 0 Å². The van der Waals surface area contributed by atoms with Crippen LogP contribution in [0.4, 0.5) is 4.39 Å². The quantitative estimate of drug-likeness (QED) is 0.888. The zero-order chi connectivity index (χ0) is 14.5. The van der Waals surface area contributed by atoms with Crippen molar-refractivity contribution >= 4 is 11.6 Å². The van der Waals surface area contributed by atoms with Gasteiger partial charge < -0.3 is 9.84 Å². The Morgan fingerprint density at radius 2 is 2.00 bits per heavy atom. The maximum Gasteiger partial charge on any atom is 0.142 e. The molecule has 0 aliphatic heterocycles. The van der Waals surface area contributed by atoms with Crippen molar-refractivity contribution in [1.29, 1.82) is 0 Å². The van der Waals surface area contributed by atoms with Crippen LogP contribution in [0.25, 0.3) is 0 Å². The highest BCUT2D eigenvalue weighted by Crippen LogP contribution is 2.31. The minimum Gasteiger partial charge on any atom is -0.493 e. The molecule has 0 fully saturated rings. The number of hydrogen-bond donors (Lipinski definition) is 1. The number of benzene rings is 2. The third kappa shape index (κ3) is 3.30. The van der Waals surface area contributed by atoms with Gasteiger partial charge >= 0.3 is 0 Å². The number of ether oxygens (including phenoxy) is 1. The second-order valence-corrected chi connectivity index (χ2v) is 4.87. The number of aliphatic hydroxyl groups is 1. The predicted octanol–water partition coefficient (Wildman–Crippen LogP) is 4.35. The van der Waals surface area contributed by atoms with E-state index < -0.39 is 11.9 Å². The molecule has 2 nitrogen and oxygen atoms in total. The summed E-state index contributed by atoms with van der Waals surface area (Å²) in [6.07, 6.45) is -0.0742. The maximum absolute atomic E-state index is 13.5. The van der Waals surface area contributed by atoms with E-state index in [1.807, 2.05) is 19.1 Å². The Hall–Kier alpha value is -1.58. The number of halogens is 2. The van der Waals surface area contributed by atoms with Gasteiger partial charge in [0, 0.05) is 5.56 Å². The zero-order valence-electron chi connectivity index (χ0n) is 11.1. The highest BCUT2D eigenvalue weighted by molar-refractivity contribution is 6.30. The van der Waals surface area contributed by atoms with E-state index in [0.29, 0.717) is 23.5 Å². The van der Waals surface area contributed by atoms with Gasteiger partial charge in [-0.05, 0) is 30.2 Å². The van der Waals surface area contributed by atoms with Crippen molar-refractivity contribution in [2.45, 2.75) is 19.4 Å². The van der Waals surface area contributed by atoms with E-state index in [1.54, 1.807) is 18.2 Å². The number of hydrogen-bond acceptors (Lipinski definition) is 2. The van der Waals surface area contributed by atoms with Crippen molar-refractivity contribution in [3.63, 3.8) is 0 Å². The van der Waals surface area contributed by atoms with Crippen LogP contribution in [-0.2, 0) is 0 Å². The zero-order valence-corrected chi connectivity index (χ0v) is 11.9. The molecule has 20 heavy (non-hydrogen) atoms. The highest BCUT2D eigenvalue weighted by Gasteiger charge is 2.16. The van der Waals surface area contributed by atoms with Gasteiger partial charge in [0.05, 0.1) is 11.6 Å². The van der Waals surface area contributed by atoms with Crippen LogP contribution in [0, 0.1) is 5.82 Å². The topological polar surface area (TPSA) is 29.5 Å². The van der Waals surface area contributed by atoms with Gasteiger partial charge in [0.25, 0.3) is 0 Å². The van der Waals surface area contributed by atoms with E-state index in [2.05, 4.69) is 0 Å². The Bertz CT molecular complexity index is 586. The van der Waals surface area contributed by atoms with E-state index in [9.17, 15) is 9.50 Å². The van der Waals surface area contributed by atoms with Crippen molar-refractivity contribution in [3.05, 3.63) is 64.4 Å². The molecule has 0 aromatic heterocycles. The summed E-state index contributed by atoms with van der Waals surface area (Å²) in [5, 5.41) is 10.4. The molecular weight excluding hydrogens is 279 g/mol. The second-order valence-electron chi connectivity index (χ2n) is 4.46. The average Bonchev–Trinajstić information content (AvgIpc) is 2.47. The summed E-state index contributed by atoms with van der Waals surface area (Å²) in [6, 6.07) is 11.5. The normalized spacial score (nSPS) is 12.2. The van der Waals surface area contributed by atoms with E-state index in [4.69, 9.17) is 16.3 Å². The van der Waals surface area contributed by atoms with Crippen molar-refractivity contribution in [2.24, 2.45) is 0 Å². The molecule has 0 spiro atoms. The molecule has 106 valence electrons. The van der Waals surface area contributed by atoms with E-state index in [1.165, 1.54) is 12.1 Å². The fraction of sp³-hybridized carbons (Fsp3) is 0.250. The summed E-state index contributed by atoms with van der Waals surface area (Å²) < 4.78 is 19.1. The van der Waals surface area contributed by atoms with E-state index in [-0.39, 0.29) is 5.02 Å². The van der Waals surface area contributed by atoms with Gasteiger partial charge in [-0.25, -0.2) is 4.39 Å². The molecule has 0 radical (unpaired) electrons. The third-order valence-corrected chi connectivity index (χ3v) is 3.24. The molecule has 2 rings (SSSR count). The molecule has 2 aromatic carbocycles. The lowest BCUT2D eigenvalue weighted by Gasteiger charge is -2.16. The summed E-state index contributed by atoms with van der Waals surface area (Å²) in [4.78, 5) is 0. The first-order chi connectivity index (χ1) is 9.63. The Balaban J connectivity index is 2.32. The van der Waals surface area contributed by atoms with Gasteiger partial charge in [-0.2, -0.15) is 0 Å². The van der Waals surface area contributed by atoms with Crippen molar-refractivity contribution < 1.29 is 14.2 Å². The van der Waals surface area contributed by atoms with E-state index in [0.717, 1.165) is 6.42 Å². The molecule has 0 saturated heterocycles. The number of aliphatic hydroxyl groups excluding tert-OH is 1. The van der Waals surface area contributed by atoms with Gasteiger partial charge in [0.1, 0.15) is 17.7 Å². The molecule has 2 aromatic rings. The molecule has 1 N–H and O–H groups in total. The molecule has 0 bridgehead atoms. The lowest BCUT2D eigenvalue weighted by atomic mass is 10.0. The minimum absolute atomic E-state index is 0.0384. The monoisotopic (exact) mass is 294 g/mol. The van der Waals surface area contributed by atoms with Gasteiger partial charge in [0.2, 0.25) is 0 Å². The van der Waals surface area contributed by atoms with Gasteiger partial charge in [0.15, 0.2) is 0 Å². The summed E-state index contributed by atoms with van der Waals surface area (Å²) in [5.74, 6) is 0.0624. The minimum atomic E-state index is -0.949. The van der Waals surface area contributed by atoms with E-state index >= 15 is 0 Å². The highest BCUT2D eigenvalue weighted by atomic mass is 35.5. The van der Waals surface area contributed by atoms with Crippen LogP contribution in [0.15, 0.2) is 42.5 Å². The van der Waals surface area contributed by atoms with Crippen LogP contribution in [0.3, 0.4) is 0 Å². The SMILES string of the molecule is CCCOc1ccccc1C(O)c1ccc(Cl)c(F)c1. The summed E-state index contributed by atoms with van der Waals surface area (Å²) >= 11 is 5.65. The van der Waals surface area contributed by atoms with Gasteiger partial charge in [-0.1, -0.05) is 42.8 Å². The molecule has 4 heteroatoms. The van der Waals surface area contributed by atoms with Crippen LogP contribution < -0.4 is 4.74 Å². The van der Waals surface area contributed by atoms with Crippen LogP contribution in [0.5, 0.6) is 5.75 Å². The standard InChI is InChI=1S/C16H16ClFO2/c1-2-9-20-15-6-4-3-5-12(15)16(19)11-7-8-13(17)14(18)10-11/h3-8,10,16,19H,2,9H2,1H3. The molecule has 0 aliphatic carbocycles. The summed E-state index contributed by atoms with van der Waals surface area (Å²) in [5.41, 5.74) is 1.06. The van der Waals surface area contributed by atoms with Crippen LogP contribution in [-0.4, -0.2) is 11.7 Å². The molecule has 1 atom stereocenters. The Labute approximate surface area is 122 Å². The van der Waals surface area contributed by atoms with Crippen LogP contribution >= 0.6 is 11.6 Å². The average molecular weight is 295 g/mol. The Morgan fingerprint density at radius 1 is 1.25 bits per heavy atom. The van der Waals surface area contributed by atoms with Crippen LogP contribution in [0.1, 0.15) is 30.6 Å². The molecule has 0 aliphatic rings. The lowest BCUT2D eigenvalue weighted by molar-refractivity contribution is 0.210. The lowest BCUT2D eigenvalue weighted by Crippen LogP contribution is -2.05. The van der Waals surface area contributed by atoms with Gasteiger partial charge in [-0.3, -0.25) is 0 Å². The fourth-order valence-electron chi connectivity index (χ4n) is 1.91. The summed E-state index contributed by atoms with van der Waals surface area (Å²) in [7, 11) is 0. The summed E-state index contributed by atoms with van der Waals surface area (Å²) in [6.45, 7) is 2.58. The van der Waals surface area contributed by atoms with Crippen molar-refractivity contribution in [1.82, 2.24) is 0 Å². The second kappa shape index (κ2) is 6.73. The number of para-hydroxylation sites is 1. The largest absolute Gasteiger partial charge is 0.493 e. The molecule has 0 amide bonds. The Morgan fingerprint density at radius 3 is 2.70 bits per heavy atom. The molecule has 0 saturated carbocycles. The smallest absolute Gasteiger partial charge is 0.142 e. The first-order valence-corrected chi connectivity index (χ1v) is 6.86. The molecular formula is C16H16ClFO2. The van der Waals surface area contributed by atoms with Crippen molar-refractivity contribution in [3.8, 4) is 5.75 Å². The molecule has 0 heterocycles.